The van der Waals surface area contributed by atoms with E-state index in [9.17, 15) is 4.79 Å². The molecule has 0 bridgehead atoms. The first kappa shape index (κ1) is 17.5. The van der Waals surface area contributed by atoms with Gasteiger partial charge in [0.2, 0.25) is 5.78 Å². The Morgan fingerprint density at radius 2 is 1.62 bits per heavy atom. The van der Waals surface area contributed by atoms with Gasteiger partial charge in [0.1, 0.15) is 5.75 Å². The molecule has 5 aromatic rings. The first-order valence-electron chi connectivity index (χ1n) is 8.97. The lowest BCUT2D eigenvalue weighted by molar-refractivity contribution is 0.413. The Hall–Kier alpha value is -3.64. The molecule has 0 amide bonds. The summed E-state index contributed by atoms with van der Waals surface area (Å²) in [4.78, 5) is 13.4. The highest BCUT2D eigenvalue weighted by Gasteiger charge is 2.20. The van der Waals surface area contributed by atoms with Crippen LogP contribution in [0.25, 0.3) is 33.8 Å². The molecule has 0 N–H and O–H groups in total. The fourth-order valence-electron chi connectivity index (χ4n) is 3.52. The number of halogens is 1. The van der Waals surface area contributed by atoms with E-state index in [1.165, 1.54) is 4.57 Å². The van der Waals surface area contributed by atoms with Gasteiger partial charge in [0.15, 0.2) is 5.82 Å². The number of rotatable bonds is 3. The number of hydrogen-bond acceptors (Lipinski definition) is 4. The van der Waals surface area contributed by atoms with Crippen molar-refractivity contribution in [2.45, 2.75) is 0 Å². The summed E-state index contributed by atoms with van der Waals surface area (Å²) in [5.41, 5.74) is 1.99. The smallest absolute Gasteiger partial charge is 0.267 e. The van der Waals surface area contributed by atoms with Crippen LogP contribution in [0.4, 0.5) is 0 Å². The maximum Gasteiger partial charge on any atom is 0.267 e. The summed E-state index contributed by atoms with van der Waals surface area (Å²) in [5, 5.41) is 9.96. The molecule has 0 atom stereocenters. The normalized spacial score (nSPS) is 11.2. The van der Waals surface area contributed by atoms with Gasteiger partial charge >= 0.3 is 0 Å². The van der Waals surface area contributed by atoms with Crippen molar-refractivity contribution in [1.29, 1.82) is 0 Å². The van der Waals surface area contributed by atoms with E-state index in [1.54, 1.807) is 25.3 Å². The molecule has 0 fully saturated rings. The molecule has 0 aliphatic heterocycles. The molecule has 29 heavy (non-hydrogen) atoms. The molecule has 0 unspecified atom stereocenters. The number of benzene rings is 3. The van der Waals surface area contributed by atoms with Gasteiger partial charge < -0.3 is 4.74 Å². The van der Waals surface area contributed by atoms with Gasteiger partial charge in [0.05, 0.1) is 23.7 Å². The van der Waals surface area contributed by atoms with Crippen molar-refractivity contribution in [1.82, 2.24) is 19.2 Å². The minimum absolute atomic E-state index is 0.187. The monoisotopic (exact) mass is 402 g/mol. The van der Waals surface area contributed by atoms with E-state index in [0.717, 1.165) is 11.1 Å². The SMILES string of the molecule is COc1ccccc1-n1c(=O)c2ccccc2n2c(-c3ccc(Cl)cc3)nnc12. The molecule has 7 heteroatoms. The van der Waals surface area contributed by atoms with Crippen LogP contribution < -0.4 is 10.3 Å². The molecule has 142 valence electrons. The van der Waals surface area contributed by atoms with Gasteiger partial charge in [-0.15, -0.1) is 10.2 Å². The number of nitrogens with zero attached hydrogens (tertiary/aromatic N) is 4. The van der Waals surface area contributed by atoms with Crippen molar-refractivity contribution in [2.75, 3.05) is 7.11 Å². The average Bonchev–Trinajstić information content (AvgIpc) is 3.20. The summed E-state index contributed by atoms with van der Waals surface area (Å²) < 4.78 is 8.91. The molecular weight excluding hydrogens is 388 g/mol. The second kappa shape index (κ2) is 6.76. The van der Waals surface area contributed by atoms with E-state index in [0.29, 0.717) is 33.4 Å². The summed E-state index contributed by atoms with van der Waals surface area (Å²) in [7, 11) is 1.57. The Balaban J connectivity index is 1.95. The van der Waals surface area contributed by atoms with Crippen LogP contribution in [-0.4, -0.2) is 26.3 Å². The molecule has 0 saturated heterocycles. The van der Waals surface area contributed by atoms with Crippen LogP contribution in [0.15, 0.2) is 77.6 Å². The largest absolute Gasteiger partial charge is 0.495 e. The maximum atomic E-state index is 13.4. The number of para-hydroxylation sites is 3. The van der Waals surface area contributed by atoms with Crippen LogP contribution in [0.2, 0.25) is 5.02 Å². The van der Waals surface area contributed by atoms with Crippen LogP contribution >= 0.6 is 11.6 Å². The van der Waals surface area contributed by atoms with Crippen LogP contribution in [0, 0.1) is 0 Å². The lowest BCUT2D eigenvalue weighted by Crippen LogP contribution is -2.22. The van der Waals surface area contributed by atoms with E-state index in [2.05, 4.69) is 10.2 Å². The van der Waals surface area contributed by atoms with Gasteiger partial charge in [-0.1, -0.05) is 35.9 Å². The molecule has 0 spiro atoms. The van der Waals surface area contributed by atoms with Gasteiger partial charge in [-0.05, 0) is 48.5 Å². The molecule has 2 heterocycles. The average molecular weight is 403 g/mol. The summed E-state index contributed by atoms with van der Waals surface area (Å²) >= 11 is 6.04. The highest BCUT2D eigenvalue weighted by atomic mass is 35.5. The van der Waals surface area contributed by atoms with Crippen molar-refractivity contribution in [2.24, 2.45) is 0 Å². The number of ether oxygens (including phenoxy) is 1. The second-order valence-corrected chi connectivity index (χ2v) is 6.93. The minimum atomic E-state index is -0.187. The first-order valence-corrected chi connectivity index (χ1v) is 9.35. The van der Waals surface area contributed by atoms with Gasteiger partial charge in [0, 0.05) is 10.6 Å². The number of aromatic nitrogens is 4. The van der Waals surface area contributed by atoms with E-state index in [4.69, 9.17) is 16.3 Å². The summed E-state index contributed by atoms with van der Waals surface area (Å²) in [5.74, 6) is 1.60. The summed E-state index contributed by atoms with van der Waals surface area (Å²) in [6.07, 6.45) is 0. The van der Waals surface area contributed by atoms with Gasteiger partial charge in [0.25, 0.3) is 5.56 Å². The minimum Gasteiger partial charge on any atom is -0.495 e. The van der Waals surface area contributed by atoms with Crippen molar-refractivity contribution < 1.29 is 4.74 Å². The number of fused-ring (bicyclic) bond motifs is 3. The Labute approximate surface area is 170 Å². The lowest BCUT2D eigenvalue weighted by atomic mass is 10.2. The van der Waals surface area contributed by atoms with Gasteiger partial charge in [-0.25, -0.2) is 4.57 Å². The quantitative estimate of drug-likeness (QED) is 0.450. The first-order chi connectivity index (χ1) is 14.2. The highest BCUT2D eigenvalue weighted by molar-refractivity contribution is 6.30. The topological polar surface area (TPSA) is 61.4 Å². The fourth-order valence-corrected chi connectivity index (χ4v) is 3.65. The van der Waals surface area contributed by atoms with Crippen LogP contribution in [0.3, 0.4) is 0 Å². The molecule has 0 aliphatic carbocycles. The second-order valence-electron chi connectivity index (χ2n) is 6.50. The zero-order chi connectivity index (χ0) is 20.0. The van der Waals surface area contributed by atoms with Crippen LogP contribution in [0.1, 0.15) is 0 Å². The predicted molar refractivity (Wildman–Crippen MR) is 113 cm³/mol. The van der Waals surface area contributed by atoms with Crippen molar-refractivity contribution in [3.8, 4) is 22.8 Å². The van der Waals surface area contributed by atoms with E-state index >= 15 is 0 Å². The maximum absolute atomic E-state index is 13.4. The van der Waals surface area contributed by atoms with Crippen LogP contribution in [-0.2, 0) is 0 Å². The molecule has 2 aromatic heterocycles. The third-order valence-electron chi connectivity index (χ3n) is 4.85. The van der Waals surface area contributed by atoms with Gasteiger partial charge in [-0.2, -0.15) is 0 Å². The Morgan fingerprint density at radius 3 is 2.41 bits per heavy atom. The lowest BCUT2D eigenvalue weighted by Gasteiger charge is -2.14. The van der Waals surface area contributed by atoms with Gasteiger partial charge in [-0.3, -0.25) is 9.20 Å². The highest BCUT2D eigenvalue weighted by Crippen LogP contribution is 2.27. The third-order valence-corrected chi connectivity index (χ3v) is 5.10. The Bertz CT molecular complexity index is 1420. The summed E-state index contributed by atoms with van der Waals surface area (Å²) in [6.45, 7) is 0. The molecule has 0 radical (unpaired) electrons. The molecule has 5 rings (SSSR count). The molecular formula is C22H15ClN4O2. The van der Waals surface area contributed by atoms with Crippen molar-refractivity contribution >= 4 is 28.3 Å². The van der Waals surface area contributed by atoms with E-state index in [1.807, 2.05) is 59.0 Å². The predicted octanol–water partition coefficient (Wildman–Crippen LogP) is 4.36. The molecule has 6 nitrogen and oxygen atoms in total. The molecule has 0 aliphatic rings. The van der Waals surface area contributed by atoms with Crippen molar-refractivity contribution in [3.63, 3.8) is 0 Å². The number of hydrogen-bond donors (Lipinski definition) is 0. The Morgan fingerprint density at radius 1 is 0.897 bits per heavy atom. The van der Waals surface area contributed by atoms with Crippen LogP contribution in [0.5, 0.6) is 5.75 Å². The third kappa shape index (κ3) is 2.68. The van der Waals surface area contributed by atoms with E-state index in [-0.39, 0.29) is 5.56 Å². The van der Waals surface area contributed by atoms with Crippen molar-refractivity contribution in [3.05, 3.63) is 88.2 Å². The number of methoxy groups -OCH3 is 1. The zero-order valence-electron chi connectivity index (χ0n) is 15.4. The molecule has 0 saturated carbocycles. The molecule has 3 aromatic carbocycles. The fraction of sp³-hybridized carbons (Fsp3) is 0.0455. The zero-order valence-corrected chi connectivity index (χ0v) is 16.2. The standard InChI is InChI=1S/C22H15ClN4O2/c1-29-19-9-5-4-8-18(19)27-21(28)16-6-2-3-7-17(16)26-20(24-25-22(26)27)14-10-12-15(23)13-11-14/h2-13H,1H3. The Kier molecular flexibility index (Phi) is 4.07. The summed E-state index contributed by atoms with van der Waals surface area (Å²) in [6, 6.07) is 22.1. The van der Waals surface area contributed by atoms with E-state index < -0.39 is 0 Å².